The van der Waals surface area contributed by atoms with Crippen molar-refractivity contribution < 1.29 is 4.39 Å². The fraction of sp³-hybridized carbons (Fsp3) is 0.0667. The first-order valence-corrected chi connectivity index (χ1v) is 7.94. The topological polar surface area (TPSA) is 36.4 Å². The van der Waals surface area contributed by atoms with Crippen LogP contribution in [-0.4, -0.2) is 10.8 Å². The lowest BCUT2D eigenvalue weighted by atomic mass is 10.1. The summed E-state index contributed by atoms with van der Waals surface area (Å²) in [5.41, 5.74) is 4.04. The van der Waals surface area contributed by atoms with Gasteiger partial charge in [0.1, 0.15) is 5.82 Å². The minimum Gasteiger partial charge on any atom is -0.329 e. The summed E-state index contributed by atoms with van der Waals surface area (Å²) < 4.78 is 13.5. The van der Waals surface area contributed by atoms with Crippen molar-refractivity contribution in [2.45, 2.75) is 6.92 Å². The second kappa shape index (κ2) is 7.93. The van der Waals surface area contributed by atoms with Gasteiger partial charge in [-0.25, -0.2) is 4.39 Å². The molecule has 2 N–H and O–H groups in total. The fourth-order valence-electron chi connectivity index (χ4n) is 1.71. The molecular formula is C15H11Cl3FN3S. The summed E-state index contributed by atoms with van der Waals surface area (Å²) in [5, 5.41) is 7.88. The Hall–Kier alpha value is -1.40. The number of para-hydroxylation sites is 1. The van der Waals surface area contributed by atoms with Crippen molar-refractivity contribution >= 4 is 63.5 Å². The van der Waals surface area contributed by atoms with Crippen LogP contribution in [0.2, 0.25) is 15.1 Å². The first kappa shape index (κ1) is 17.9. The SMILES string of the molecule is C/C(=N/NC(=S)Nc1ccccc1F)c1ccc(Cl)c(Cl)c1Cl. The van der Waals surface area contributed by atoms with Crippen LogP contribution in [0.5, 0.6) is 0 Å². The molecule has 0 atom stereocenters. The van der Waals surface area contributed by atoms with Gasteiger partial charge in [0.2, 0.25) is 0 Å². The van der Waals surface area contributed by atoms with Crippen LogP contribution >= 0.6 is 47.0 Å². The molecular weight excluding hydrogens is 380 g/mol. The number of benzene rings is 2. The maximum absolute atomic E-state index is 13.5. The zero-order chi connectivity index (χ0) is 17.0. The van der Waals surface area contributed by atoms with E-state index in [1.165, 1.54) is 6.07 Å². The predicted molar refractivity (Wildman–Crippen MR) is 99.4 cm³/mol. The highest BCUT2D eigenvalue weighted by Crippen LogP contribution is 2.32. The zero-order valence-electron chi connectivity index (χ0n) is 11.8. The summed E-state index contributed by atoms with van der Waals surface area (Å²) in [7, 11) is 0. The van der Waals surface area contributed by atoms with Crippen LogP contribution in [0.15, 0.2) is 41.5 Å². The van der Waals surface area contributed by atoms with Gasteiger partial charge in [-0.1, -0.05) is 53.0 Å². The molecule has 2 rings (SSSR count). The van der Waals surface area contributed by atoms with Gasteiger partial charge in [0.15, 0.2) is 5.11 Å². The summed E-state index contributed by atoms with van der Waals surface area (Å²) in [5.74, 6) is -0.412. The van der Waals surface area contributed by atoms with Gasteiger partial charge >= 0.3 is 0 Å². The highest BCUT2D eigenvalue weighted by molar-refractivity contribution is 7.80. The molecule has 0 aliphatic rings. The molecule has 0 saturated carbocycles. The van der Waals surface area contributed by atoms with Gasteiger partial charge in [0, 0.05) is 5.56 Å². The van der Waals surface area contributed by atoms with Crippen molar-refractivity contribution in [2.75, 3.05) is 5.32 Å². The van der Waals surface area contributed by atoms with Crippen molar-refractivity contribution in [3.63, 3.8) is 0 Å². The van der Waals surface area contributed by atoms with Gasteiger partial charge in [0.05, 0.1) is 26.5 Å². The summed E-state index contributed by atoms with van der Waals surface area (Å²) in [6.45, 7) is 1.73. The van der Waals surface area contributed by atoms with Crippen LogP contribution in [0, 0.1) is 5.82 Å². The second-order valence-electron chi connectivity index (χ2n) is 4.47. The van der Waals surface area contributed by atoms with Gasteiger partial charge in [-0.2, -0.15) is 5.10 Å². The Morgan fingerprint density at radius 2 is 1.78 bits per heavy atom. The van der Waals surface area contributed by atoms with E-state index in [4.69, 9.17) is 47.0 Å². The van der Waals surface area contributed by atoms with Crippen LogP contribution < -0.4 is 10.7 Å². The quantitative estimate of drug-likeness (QED) is 0.314. The number of thiocarbonyl (C=S) groups is 1. The highest BCUT2D eigenvalue weighted by atomic mass is 35.5. The molecule has 23 heavy (non-hydrogen) atoms. The minimum absolute atomic E-state index is 0.144. The molecule has 0 amide bonds. The molecule has 0 radical (unpaired) electrons. The molecule has 0 unspecified atom stereocenters. The van der Waals surface area contributed by atoms with E-state index in [0.717, 1.165) is 0 Å². The molecule has 3 nitrogen and oxygen atoms in total. The summed E-state index contributed by atoms with van der Waals surface area (Å²) in [4.78, 5) is 0. The molecule has 2 aromatic carbocycles. The molecule has 0 saturated heterocycles. The molecule has 120 valence electrons. The Morgan fingerprint density at radius 3 is 2.48 bits per heavy atom. The first-order chi connectivity index (χ1) is 10.9. The molecule has 2 aromatic rings. The third-order valence-electron chi connectivity index (χ3n) is 2.87. The monoisotopic (exact) mass is 389 g/mol. The Morgan fingerprint density at radius 1 is 1.09 bits per heavy atom. The van der Waals surface area contributed by atoms with Crippen molar-refractivity contribution in [3.05, 3.63) is 62.8 Å². The smallest absolute Gasteiger partial charge is 0.191 e. The lowest BCUT2D eigenvalue weighted by molar-refractivity contribution is 0.632. The molecule has 0 aliphatic heterocycles. The van der Waals surface area contributed by atoms with Crippen molar-refractivity contribution in [1.29, 1.82) is 0 Å². The number of hydrogen-bond donors (Lipinski definition) is 2. The van der Waals surface area contributed by atoms with E-state index < -0.39 is 5.82 Å². The Labute approximate surface area is 153 Å². The van der Waals surface area contributed by atoms with Gasteiger partial charge in [-0.15, -0.1) is 0 Å². The van der Waals surface area contributed by atoms with E-state index in [0.29, 0.717) is 21.3 Å². The van der Waals surface area contributed by atoms with E-state index in [2.05, 4.69) is 15.8 Å². The summed E-state index contributed by atoms with van der Waals surface area (Å²) in [6.07, 6.45) is 0. The maximum atomic E-state index is 13.5. The largest absolute Gasteiger partial charge is 0.329 e. The van der Waals surface area contributed by atoms with Crippen molar-refractivity contribution in [2.24, 2.45) is 5.10 Å². The number of nitrogens with zero attached hydrogens (tertiary/aromatic N) is 1. The maximum Gasteiger partial charge on any atom is 0.191 e. The highest BCUT2D eigenvalue weighted by Gasteiger charge is 2.11. The fourth-order valence-corrected chi connectivity index (χ4v) is 2.54. The van der Waals surface area contributed by atoms with Gasteiger partial charge in [-0.05, 0) is 37.3 Å². The number of hydrogen-bond acceptors (Lipinski definition) is 2. The standard InChI is InChI=1S/C15H11Cl3FN3S/c1-8(9-6-7-10(16)14(18)13(9)17)21-22-15(23)20-12-5-3-2-4-11(12)19/h2-7H,1H3,(H2,20,22,23)/b21-8-. The number of rotatable bonds is 3. The number of halogens is 4. The van der Waals surface area contributed by atoms with Crippen molar-refractivity contribution in [3.8, 4) is 0 Å². The Kier molecular flexibility index (Phi) is 6.18. The third kappa shape index (κ3) is 4.54. The number of nitrogens with one attached hydrogen (secondary N) is 2. The molecule has 0 aromatic heterocycles. The molecule has 0 heterocycles. The Balaban J connectivity index is 2.09. The van der Waals surface area contributed by atoms with Gasteiger partial charge in [-0.3, -0.25) is 5.43 Å². The van der Waals surface area contributed by atoms with Gasteiger partial charge in [0.25, 0.3) is 0 Å². The number of hydrazone groups is 1. The summed E-state index contributed by atoms with van der Waals surface area (Å²) in [6, 6.07) is 9.50. The third-order valence-corrected chi connectivity index (χ3v) is 4.36. The normalized spacial score (nSPS) is 11.3. The molecule has 8 heteroatoms. The van der Waals surface area contributed by atoms with E-state index in [9.17, 15) is 4.39 Å². The molecule has 0 bridgehead atoms. The average Bonchev–Trinajstić information content (AvgIpc) is 2.53. The number of anilines is 1. The van der Waals surface area contributed by atoms with E-state index in [1.807, 2.05) is 0 Å². The van der Waals surface area contributed by atoms with Crippen LogP contribution in [0.4, 0.5) is 10.1 Å². The van der Waals surface area contributed by atoms with Crippen LogP contribution in [0.25, 0.3) is 0 Å². The lowest BCUT2D eigenvalue weighted by Gasteiger charge is -2.10. The van der Waals surface area contributed by atoms with Crippen molar-refractivity contribution in [1.82, 2.24) is 5.43 Å². The predicted octanol–water partition coefficient (Wildman–Crippen LogP) is 5.50. The Bertz CT molecular complexity index is 781. The van der Waals surface area contributed by atoms with E-state index in [1.54, 1.807) is 37.3 Å². The second-order valence-corrected chi connectivity index (χ2v) is 6.04. The molecule has 0 aliphatic carbocycles. The lowest BCUT2D eigenvalue weighted by Crippen LogP contribution is -2.25. The van der Waals surface area contributed by atoms with Crippen LogP contribution in [0.1, 0.15) is 12.5 Å². The van der Waals surface area contributed by atoms with E-state index in [-0.39, 0.29) is 15.8 Å². The minimum atomic E-state index is -0.412. The summed E-state index contributed by atoms with van der Waals surface area (Å²) >= 11 is 23.1. The van der Waals surface area contributed by atoms with E-state index >= 15 is 0 Å². The van der Waals surface area contributed by atoms with Crippen LogP contribution in [-0.2, 0) is 0 Å². The zero-order valence-corrected chi connectivity index (χ0v) is 14.9. The average molecular weight is 391 g/mol. The molecule has 0 spiro atoms. The molecule has 0 fully saturated rings. The van der Waals surface area contributed by atoms with Gasteiger partial charge < -0.3 is 5.32 Å². The van der Waals surface area contributed by atoms with Crippen LogP contribution in [0.3, 0.4) is 0 Å². The first-order valence-electron chi connectivity index (χ1n) is 6.40.